The van der Waals surface area contributed by atoms with Crippen LogP contribution in [0.5, 0.6) is 0 Å². The van der Waals surface area contributed by atoms with Crippen molar-refractivity contribution in [2.75, 3.05) is 6.54 Å². The highest BCUT2D eigenvalue weighted by Crippen LogP contribution is 2.21. The van der Waals surface area contributed by atoms with Crippen molar-refractivity contribution in [3.05, 3.63) is 28.5 Å². The standard InChI is InChI=1S/C16H20N4O2S/c1-10-9-20-13(11(2)18-16(20)23-10)6-7-14(21)19-12-5-3-4-8-17-15(12)22/h6-7,9,12H,3-5,8H2,1-2H3,(H,17,22)(H,19,21). The SMILES string of the molecule is Cc1cn2c(C=CC(=O)NC3CCCCNC3=O)c(C)nc2s1. The van der Waals surface area contributed by atoms with Gasteiger partial charge in [0.15, 0.2) is 4.96 Å². The Hall–Kier alpha value is -2.15. The summed E-state index contributed by atoms with van der Waals surface area (Å²) in [5.41, 5.74) is 1.78. The Morgan fingerprint density at radius 1 is 1.48 bits per heavy atom. The number of fused-ring (bicyclic) bond motifs is 1. The molecule has 1 aliphatic rings. The van der Waals surface area contributed by atoms with Crippen molar-refractivity contribution in [2.45, 2.75) is 39.2 Å². The number of nitrogens with one attached hydrogen (secondary N) is 2. The van der Waals surface area contributed by atoms with Gasteiger partial charge in [-0.3, -0.25) is 14.0 Å². The van der Waals surface area contributed by atoms with Crippen molar-refractivity contribution in [2.24, 2.45) is 0 Å². The summed E-state index contributed by atoms with van der Waals surface area (Å²) < 4.78 is 1.98. The molecule has 1 unspecified atom stereocenters. The topological polar surface area (TPSA) is 75.5 Å². The van der Waals surface area contributed by atoms with Gasteiger partial charge in [-0.05, 0) is 39.2 Å². The molecule has 0 aliphatic carbocycles. The highest BCUT2D eigenvalue weighted by molar-refractivity contribution is 7.17. The number of carbonyl (C=O) groups excluding carboxylic acids is 2. The van der Waals surface area contributed by atoms with Crippen LogP contribution in [0.4, 0.5) is 0 Å². The number of hydrogen-bond acceptors (Lipinski definition) is 4. The second-order valence-electron chi connectivity index (χ2n) is 5.76. The van der Waals surface area contributed by atoms with Gasteiger partial charge in [0.1, 0.15) is 6.04 Å². The molecule has 23 heavy (non-hydrogen) atoms. The quantitative estimate of drug-likeness (QED) is 0.842. The zero-order chi connectivity index (χ0) is 16.4. The van der Waals surface area contributed by atoms with Crippen molar-refractivity contribution in [3.63, 3.8) is 0 Å². The number of carbonyl (C=O) groups is 2. The minimum absolute atomic E-state index is 0.0966. The summed E-state index contributed by atoms with van der Waals surface area (Å²) in [4.78, 5) is 30.5. The fraction of sp³-hybridized carbons (Fsp3) is 0.438. The minimum atomic E-state index is -0.440. The number of aryl methyl sites for hydroxylation is 2. The van der Waals surface area contributed by atoms with E-state index in [4.69, 9.17) is 0 Å². The van der Waals surface area contributed by atoms with Crippen LogP contribution in [0, 0.1) is 13.8 Å². The van der Waals surface area contributed by atoms with Gasteiger partial charge < -0.3 is 10.6 Å². The van der Waals surface area contributed by atoms with Crippen LogP contribution in [0.1, 0.15) is 35.5 Å². The van der Waals surface area contributed by atoms with Crippen molar-refractivity contribution >= 4 is 34.2 Å². The van der Waals surface area contributed by atoms with Crippen LogP contribution >= 0.6 is 11.3 Å². The first kappa shape index (κ1) is 15.7. The average Bonchev–Trinajstić information content (AvgIpc) is 2.89. The van der Waals surface area contributed by atoms with Crippen LogP contribution in [0.25, 0.3) is 11.0 Å². The van der Waals surface area contributed by atoms with Crippen molar-refractivity contribution in [3.8, 4) is 0 Å². The highest BCUT2D eigenvalue weighted by Gasteiger charge is 2.21. The molecule has 0 spiro atoms. The van der Waals surface area contributed by atoms with Gasteiger partial charge in [0.2, 0.25) is 11.8 Å². The summed E-state index contributed by atoms with van der Waals surface area (Å²) in [5, 5.41) is 5.59. The Bertz CT molecular complexity index is 774. The number of rotatable bonds is 3. The van der Waals surface area contributed by atoms with Crippen LogP contribution < -0.4 is 10.6 Å². The lowest BCUT2D eigenvalue weighted by atomic mass is 10.1. The summed E-state index contributed by atoms with van der Waals surface area (Å²) in [6.07, 6.45) is 7.82. The smallest absolute Gasteiger partial charge is 0.244 e. The number of imidazole rings is 1. The molecule has 0 radical (unpaired) electrons. The normalized spacial score (nSPS) is 19.0. The Labute approximate surface area is 138 Å². The first-order valence-electron chi connectivity index (χ1n) is 7.76. The predicted octanol–water partition coefficient (Wildman–Crippen LogP) is 1.81. The van der Waals surface area contributed by atoms with E-state index in [9.17, 15) is 9.59 Å². The summed E-state index contributed by atoms with van der Waals surface area (Å²) >= 11 is 1.62. The van der Waals surface area contributed by atoms with Gasteiger partial charge in [0.25, 0.3) is 0 Å². The fourth-order valence-electron chi connectivity index (χ4n) is 2.73. The summed E-state index contributed by atoms with van der Waals surface area (Å²) in [6, 6.07) is -0.440. The number of hydrogen-bond donors (Lipinski definition) is 2. The third kappa shape index (κ3) is 3.44. The molecule has 2 aromatic heterocycles. The first-order valence-corrected chi connectivity index (χ1v) is 8.57. The molecule has 6 nitrogen and oxygen atoms in total. The summed E-state index contributed by atoms with van der Waals surface area (Å²) in [6.45, 7) is 4.64. The molecule has 1 atom stereocenters. The number of thiazole rings is 1. The molecule has 3 rings (SSSR count). The van der Waals surface area contributed by atoms with Crippen LogP contribution in [0.15, 0.2) is 12.3 Å². The lowest BCUT2D eigenvalue weighted by Crippen LogP contribution is -2.44. The second kappa shape index (κ2) is 6.54. The van der Waals surface area contributed by atoms with E-state index in [0.29, 0.717) is 13.0 Å². The van der Waals surface area contributed by atoms with Gasteiger partial charge in [-0.15, -0.1) is 11.3 Å². The zero-order valence-electron chi connectivity index (χ0n) is 13.3. The molecular formula is C16H20N4O2S. The molecule has 0 bridgehead atoms. The van der Waals surface area contributed by atoms with E-state index in [0.717, 1.165) is 29.2 Å². The highest BCUT2D eigenvalue weighted by atomic mass is 32.1. The molecule has 122 valence electrons. The van der Waals surface area contributed by atoms with Gasteiger partial charge in [-0.25, -0.2) is 4.98 Å². The molecular weight excluding hydrogens is 312 g/mol. The molecule has 1 saturated heterocycles. The minimum Gasteiger partial charge on any atom is -0.354 e. The monoisotopic (exact) mass is 332 g/mol. The van der Waals surface area contributed by atoms with Gasteiger partial charge in [-0.1, -0.05) is 0 Å². The maximum Gasteiger partial charge on any atom is 0.244 e. The summed E-state index contributed by atoms with van der Waals surface area (Å²) in [5.74, 6) is -0.353. The summed E-state index contributed by atoms with van der Waals surface area (Å²) in [7, 11) is 0. The molecule has 1 aliphatic heterocycles. The Morgan fingerprint density at radius 3 is 3.13 bits per heavy atom. The molecule has 0 saturated carbocycles. The third-order valence-corrected chi connectivity index (χ3v) is 4.81. The number of nitrogens with zero attached hydrogens (tertiary/aromatic N) is 2. The van der Waals surface area contributed by atoms with Gasteiger partial charge in [0.05, 0.1) is 11.4 Å². The maximum atomic E-state index is 12.1. The van der Waals surface area contributed by atoms with E-state index in [2.05, 4.69) is 15.6 Å². The van der Waals surface area contributed by atoms with E-state index in [-0.39, 0.29) is 11.8 Å². The van der Waals surface area contributed by atoms with E-state index in [1.165, 1.54) is 11.0 Å². The zero-order valence-corrected chi connectivity index (χ0v) is 14.1. The Morgan fingerprint density at radius 2 is 2.30 bits per heavy atom. The Kier molecular flexibility index (Phi) is 4.47. The van der Waals surface area contributed by atoms with Crippen molar-refractivity contribution < 1.29 is 9.59 Å². The lowest BCUT2D eigenvalue weighted by Gasteiger charge is -2.13. The molecule has 1 fully saturated rings. The number of aromatic nitrogens is 2. The van der Waals surface area contributed by atoms with Crippen LogP contribution in [-0.2, 0) is 9.59 Å². The molecule has 2 amide bonds. The maximum absolute atomic E-state index is 12.1. The first-order chi connectivity index (χ1) is 11.0. The van der Waals surface area contributed by atoms with E-state index in [1.807, 2.05) is 24.4 Å². The van der Waals surface area contributed by atoms with Crippen LogP contribution in [0.2, 0.25) is 0 Å². The van der Waals surface area contributed by atoms with E-state index in [1.54, 1.807) is 17.4 Å². The molecule has 2 N–H and O–H groups in total. The molecule has 3 heterocycles. The number of amides is 2. The van der Waals surface area contributed by atoms with E-state index >= 15 is 0 Å². The third-order valence-electron chi connectivity index (χ3n) is 3.91. The van der Waals surface area contributed by atoms with Crippen LogP contribution in [0.3, 0.4) is 0 Å². The molecule has 2 aromatic rings. The van der Waals surface area contributed by atoms with Gasteiger partial charge in [0, 0.05) is 23.7 Å². The average molecular weight is 332 g/mol. The fourth-order valence-corrected chi connectivity index (χ4v) is 3.61. The van der Waals surface area contributed by atoms with Crippen molar-refractivity contribution in [1.82, 2.24) is 20.0 Å². The Balaban J connectivity index is 1.72. The lowest BCUT2D eigenvalue weighted by molar-refractivity contribution is -0.126. The second-order valence-corrected chi connectivity index (χ2v) is 6.97. The van der Waals surface area contributed by atoms with Crippen molar-refractivity contribution in [1.29, 1.82) is 0 Å². The predicted molar refractivity (Wildman–Crippen MR) is 90.4 cm³/mol. The van der Waals surface area contributed by atoms with Gasteiger partial charge >= 0.3 is 0 Å². The molecule has 7 heteroatoms. The van der Waals surface area contributed by atoms with Gasteiger partial charge in [-0.2, -0.15) is 0 Å². The van der Waals surface area contributed by atoms with E-state index < -0.39 is 6.04 Å². The largest absolute Gasteiger partial charge is 0.354 e. The van der Waals surface area contributed by atoms with Crippen LogP contribution in [-0.4, -0.2) is 33.8 Å². The molecule has 0 aromatic carbocycles.